The Balaban J connectivity index is 1.46. The van der Waals surface area contributed by atoms with E-state index in [1.54, 1.807) is 31.4 Å². The molecule has 1 aliphatic rings. The van der Waals surface area contributed by atoms with Gasteiger partial charge in [0.25, 0.3) is 5.91 Å². The van der Waals surface area contributed by atoms with Crippen LogP contribution < -0.4 is 21.1 Å². The molecular formula is C21H25N7O6. The third-order valence-corrected chi connectivity index (χ3v) is 5.43. The van der Waals surface area contributed by atoms with Crippen LogP contribution in [-0.2, 0) is 9.53 Å². The van der Waals surface area contributed by atoms with E-state index in [4.69, 9.17) is 15.2 Å². The summed E-state index contributed by atoms with van der Waals surface area (Å²) in [6.07, 6.45) is -0.996. The number of aromatic amines is 1. The van der Waals surface area contributed by atoms with Crippen LogP contribution >= 0.6 is 0 Å². The van der Waals surface area contributed by atoms with Gasteiger partial charge in [0.05, 0.1) is 31.8 Å². The predicted octanol–water partition coefficient (Wildman–Crippen LogP) is -1.30. The van der Waals surface area contributed by atoms with E-state index in [1.807, 2.05) is 0 Å². The molecule has 0 unspecified atom stereocenters. The van der Waals surface area contributed by atoms with Gasteiger partial charge < -0.3 is 46.1 Å². The molecule has 34 heavy (non-hydrogen) atoms. The molecule has 0 spiro atoms. The van der Waals surface area contributed by atoms with Crippen molar-refractivity contribution in [1.82, 2.24) is 25.3 Å². The number of benzene rings is 1. The van der Waals surface area contributed by atoms with Gasteiger partial charge in [0.2, 0.25) is 0 Å². The highest BCUT2D eigenvalue weighted by molar-refractivity contribution is 5.97. The number of aromatic nitrogens is 4. The Morgan fingerprint density at radius 3 is 2.71 bits per heavy atom. The largest absolute Gasteiger partial charge is 0.497 e. The maximum absolute atomic E-state index is 12.6. The molecule has 1 aromatic carbocycles. The van der Waals surface area contributed by atoms with Crippen LogP contribution in [0.5, 0.6) is 5.75 Å². The minimum Gasteiger partial charge on any atom is -0.497 e. The zero-order valence-corrected chi connectivity index (χ0v) is 18.1. The number of anilines is 1. The first-order chi connectivity index (χ1) is 16.4. The number of hydrogen-bond donors (Lipinski definition) is 7. The standard InChI is InChI=1S/C21H25N7O6/c1-33-11-4-2-10(3-5-11)6-12(22)20(32)27-14-13(7-29)34-21(17(31)16(14)30)28-19-15-18(24-8-23-15)25-9-26-19/h2-6,8-9,13-14,16-17,21,29-31H,7,22H2,1H3,(H,27,32)(H2,23,24,25,26,28)/t13-,14-,16+,17-,21-/m0/s1. The second-order valence-electron chi connectivity index (χ2n) is 7.60. The summed E-state index contributed by atoms with van der Waals surface area (Å²) in [7, 11) is 1.54. The van der Waals surface area contributed by atoms with Crippen LogP contribution in [0.3, 0.4) is 0 Å². The number of carbonyl (C=O) groups excluding carboxylic acids is 1. The summed E-state index contributed by atoms with van der Waals surface area (Å²) in [6, 6.07) is 5.74. The third kappa shape index (κ3) is 4.77. The fraction of sp³-hybridized carbons (Fsp3) is 0.333. The molecule has 180 valence electrons. The Morgan fingerprint density at radius 2 is 2.00 bits per heavy atom. The molecule has 8 N–H and O–H groups in total. The number of rotatable bonds is 7. The maximum Gasteiger partial charge on any atom is 0.267 e. The van der Waals surface area contributed by atoms with Crippen LogP contribution in [0.25, 0.3) is 17.2 Å². The summed E-state index contributed by atoms with van der Waals surface area (Å²) < 4.78 is 10.8. The molecule has 4 rings (SSSR count). The fourth-order valence-electron chi connectivity index (χ4n) is 3.61. The van der Waals surface area contributed by atoms with Gasteiger partial charge in [-0.05, 0) is 23.8 Å². The number of hydrogen-bond acceptors (Lipinski definition) is 11. The van der Waals surface area contributed by atoms with E-state index < -0.39 is 43.1 Å². The van der Waals surface area contributed by atoms with Crippen molar-refractivity contribution in [2.75, 3.05) is 19.0 Å². The highest BCUT2D eigenvalue weighted by Gasteiger charge is 2.45. The molecule has 3 heterocycles. The quantitative estimate of drug-likeness (QED) is 0.202. The summed E-state index contributed by atoms with van der Waals surface area (Å²) >= 11 is 0. The number of aliphatic hydroxyl groups excluding tert-OH is 3. The summed E-state index contributed by atoms with van der Waals surface area (Å²) in [5.41, 5.74) is 7.30. The number of aliphatic hydroxyl groups is 3. The Hall–Kier alpha value is -3.78. The van der Waals surface area contributed by atoms with Gasteiger partial charge in [-0.3, -0.25) is 4.79 Å². The van der Waals surface area contributed by atoms with Gasteiger partial charge in [0, 0.05) is 0 Å². The van der Waals surface area contributed by atoms with Crippen molar-refractivity contribution < 1.29 is 29.6 Å². The van der Waals surface area contributed by atoms with Crippen LogP contribution in [0, 0.1) is 0 Å². The number of methoxy groups -OCH3 is 1. The number of nitrogens with two attached hydrogens (primary N) is 1. The molecule has 13 nitrogen and oxygen atoms in total. The monoisotopic (exact) mass is 471 g/mol. The average Bonchev–Trinajstić information content (AvgIpc) is 3.34. The second kappa shape index (κ2) is 10.0. The van der Waals surface area contributed by atoms with Gasteiger partial charge in [-0.25, -0.2) is 15.0 Å². The minimum atomic E-state index is -1.49. The van der Waals surface area contributed by atoms with Crippen molar-refractivity contribution in [3.05, 3.63) is 48.2 Å². The molecule has 1 aliphatic heterocycles. The van der Waals surface area contributed by atoms with Gasteiger partial charge >= 0.3 is 0 Å². The Labute approximate surface area is 193 Å². The van der Waals surface area contributed by atoms with Gasteiger partial charge in [0.1, 0.15) is 35.9 Å². The van der Waals surface area contributed by atoms with Crippen LogP contribution in [0.2, 0.25) is 0 Å². The number of imidazole rings is 1. The van der Waals surface area contributed by atoms with Crippen LogP contribution in [0.15, 0.2) is 42.6 Å². The van der Waals surface area contributed by atoms with Crippen molar-refractivity contribution in [2.45, 2.75) is 30.6 Å². The number of nitrogens with zero attached hydrogens (tertiary/aromatic N) is 3. The van der Waals surface area contributed by atoms with Crippen LogP contribution in [-0.4, -0.2) is 85.5 Å². The number of fused-ring (bicyclic) bond motifs is 1. The molecule has 0 saturated carbocycles. The molecule has 5 atom stereocenters. The molecule has 0 bridgehead atoms. The Kier molecular flexibility index (Phi) is 6.88. The number of ether oxygens (including phenoxy) is 2. The summed E-state index contributed by atoms with van der Waals surface area (Å²) in [5, 5.41) is 36.6. The first-order valence-corrected chi connectivity index (χ1v) is 10.4. The van der Waals surface area contributed by atoms with Gasteiger partial charge in [0.15, 0.2) is 17.7 Å². The van der Waals surface area contributed by atoms with Crippen molar-refractivity contribution in [3.8, 4) is 5.75 Å². The maximum atomic E-state index is 12.6. The highest BCUT2D eigenvalue weighted by Crippen LogP contribution is 2.24. The molecule has 1 fully saturated rings. The van der Waals surface area contributed by atoms with E-state index in [0.717, 1.165) is 0 Å². The SMILES string of the molecule is COc1ccc(C=C(N)C(=O)N[C@@H]2[C@@H](O)[C@H](O)[C@@H](Nc3ncnc4nc[nH]c34)O[C@H]2CO)cc1. The number of amides is 1. The number of H-pyrrole nitrogens is 1. The Bertz CT molecular complexity index is 1170. The zero-order valence-electron chi connectivity index (χ0n) is 18.1. The van der Waals surface area contributed by atoms with Crippen molar-refractivity contribution in [1.29, 1.82) is 0 Å². The normalized spacial score (nSPS) is 25.2. The zero-order chi connectivity index (χ0) is 24.2. The molecular weight excluding hydrogens is 446 g/mol. The molecule has 13 heteroatoms. The van der Waals surface area contributed by atoms with E-state index in [-0.39, 0.29) is 11.5 Å². The molecule has 0 aliphatic carbocycles. The third-order valence-electron chi connectivity index (χ3n) is 5.43. The molecule has 1 amide bonds. The van der Waals surface area contributed by atoms with Crippen molar-refractivity contribution >= 4 is 29.0 Å². The smallest absolute Gasteiger partial charge is 0.267 e. The molecule has 0 radical (unpaired) electrons. The lowest BCUT2D eigenvalue weighted by atomic mass is 9.95. The van der Waals surface area contributed by atoms with Crippen LogP contribution in [0.4, 0.5) is 5.82 Å². The van der Waals surface area contributed by atoms with E-state index >= 15 is 0 Å². The lowest BCUT2D eigenvalue weighted by Gasteiger charge is -2.42. The Morgan fingerprint density at radius 1 is 1.24 bits per heavy atom. The summed E-state index contributed by atoms with van der Waals surface area (Å²) in [5.74, 6) is 0.237. The van der Waals surface area contributed by atoms with E-state index in [1.165, 1.54) is 18.7 Å². The number of nitrogens with one attached hydrogen (secondary N) is 3. The first-order valence-electron chi connectivity index (χ1n) is 10.4. The fourth-order valence-corrected chi connectivity index (χ4v) is 3.61. The average molecular weight is 471 g/mol. The predicted molar refractivity (Wildman–Crippen MR) is 120 cm³/mol. The van der Waals surface area contributed by atoms with E-state index in [9.17, 15) is 20.1 Å². The van der Waals surface area contributed by atoms with Crippen molar-refractivity contribution in [2.24, 2.45) is 5.73 Å². The van der Waals surface area contributed by atoms with E-state index in [2.05, 4.69) is 30.6 Å². The minimum absolute atomic E-state index is 0.133. The lowest BCUT2D eigenvalue weighted by Crippen LogP contribution is -2.66. The van der Waals surface area contributed by atoms with Gasteiger partial charge in [-0.15, -0.1) is 0 Å². The van der Waals surface area contributed by atoms with Crippen LogP contribution in [0.1, 0.15) is 5.56 Å². The van der Waals surface area contributed by atoms with E-state index in [0.29, 0.717) is 22.5 Å². The van der Waals surface area contributed by atoms with Gasteiger partial charge in [-0.1, -0.05) is 12.1 Å². The molecule has 1 saturated heterocycles. The highest BCUT2D eigenvalue weighted by atomic mass is 16.5. The summed E-state index contributed by atoms with van der Waals surface area (Å²) in [6.45, 7) is -0.543. The lowest BCUT2D eigenvalue weighted by molar-refractivity contribution is -0.184. The molecule has 2 aromatic heterocycles. The molecule has 3 aromatic rings. The van der Waals surface area contributed by atoms with Gasteiger partial charge in [-0.2, -0.15) is 0 Å². The number of carbonyl (C=O) groups is 1. The first kappa shape index (κ1) is 23.4. The topological polar surface area (TPSA) is 201 Å². The summed E-state index contributed by atoms with van der Waals surface area (Å²) in [4.78, 5) is 27.6. The van der Waals surface area contributed by atoms with Crippen molar-refractivity contribution in [3.63, 3.8) is 0 Å². The second-order valence-corrected chi connectivity index (χ2v) is 7.60.